The Balaban J connectivity index is 3.01. The monoisotopic (exact) mass is 168 g/mol. The van der Waals surface area contributed by atoms with Gasteiger partial charge in [-0.15, -0.1) is 0 Å². The molecule has 0 spiro atoms. The number of hydrogen-bond acceptors (Lipinski definition) is 3. The van der Waals surface area contributed by atoms with Gasteiger partial charge >= 0.3 is 0 Å². The van der Waals surface area contributed by atoms with E-state index in [2.05, 4.69) is 17.5 Å². The van der Waals surface area contributed by atoms with Gasteiger partial charge in [0.05, 0.1) is 0 Å². The largest absolute Gasteiger partial charge is 0.366 e. The van der Waals surface area contributed by atoms with E-state index >= 15 is 0 Å². The van der Waals surface area contributed by atoms with Gasteiger partial charge in [0, 0.05) is 11.3 Å². The Morgan fingerprint density at radius 3 is 2.82 bits per heavy atom. The third-order valence-electron chi connectivity index (χ3n) is 1.28. The van der Waals surface area contributed by atoms with Gasteiger partial charge in [-0.2, -0.15) is 0 Å². The molecule has 0 radical (unpaired) electrons. The maximum absolute atomic E-state index is 10.6. The Labute approximate surface area is 70.1 Å². The van der Waals surface area contributed by atoms with Crippen molar-refractivity contribution in [2.45, 2.75) is 0 Å². The first kappa shape index (κ1) is 7.94. The smallest absolute Gasteiger partial charge is 0.248 e. The normalized spacial score (nSPS) is 9.18. The molecule has 1 aromatic rings. The minimum absolute atomic E-state index is 0.435. The molecule has 0 aliphatic heterocycles. The minimum atomic E-state index is -0.435. The van der Waals surface area contributed by atoms with Gasteiger partial charge in [-0.25, -0.2) is 0 Å². The van der Waals surface area contributed by atoms with E-state index in [1.165, 1.54) is 0 Å². The molecular weight excluding hydrogens is 160 g/mol. The van der Waals surface area contributed by atoms with Gasteiger partial charge in [-0.05, 0) is 18.2 Å². The van der Waals surface area contributed by atoms with Crippen LogP contribution in [0.25, 0.3) is 0 Å². The van der Waals surface area contributed by atoms with Crippen molar-refractivity contribution in [3.8, 4) is 0 Å². The van der Waals surface area contributed by atoms with Crippen LogP contribution in [0.15, 0.2) is 24.3 Å². The molecule has 1 aromatic carbocycles. The van der Waals surface area contributed by atoms with Crippen molar-refractivity contribution in [3.63, 3.8) is 0 Å². The van der Waals surface area contributed by atoms with E-state index in [9.17, 15) is 4.79 Å². The molecule has 0 saturated carbocycles. The zero-order valence-corrected chi connectivity index (χ0v) is 6.64. The van der Waals surface area contributed by atoms with Crippen molar-refractivity contribution < 1.29 is 4.79 Å². The van der Waals surface area contributed by atoms with Gasteiger partial charge in [0.15, 0.2) is 0 Å². The predicted octanol–water partition coefficient (Wildman–Crippen LogP) is 1.04. The second-order valence-corrected chi connectivity index (χ2v) is 2.28. The Kier molecular flexibility index (Phi) is 2.38. The van der Waals surface area contributed by atoms with Crippen LogP contribution in [0.2, 0.25) is 0 Å². The maximum atomic E-state index is 10.6. The first-order valence-electron chi connectivity index (χ1n) is 3.04. The Hall–Kier alpha value is -1.16. The Morgan fingerprint density at radius 2 is 2.27 bits per heavy atom. The number of primary amides is 1. The fourth-order valence-electron chi connectivity index (χ4n) is 0.742. The molecule has 0 heterocycles. The van der Waals surface area contributed by atoms with Crippen LogP contribution in [0.5, 0.6) is 0 Å². The van der Waals surface area contributed by atoms with Crippen molar-refractivity contribution in [1.29, 1.82) is 0 Å². The predicted molar refractivity (Wildman–Crippen MR) is 47.6 cm³/mol. The van der Waals surface area contributed by atoms with Gasteiger partial charge in [-0.3, -0.25) is 4.79 Å². The molecule has 0 saturated heterocycles. The summed E-state index contributed by atoms with van der Waals surface area (Å²) >= 11 is 3.82. The third-order valence-corrected chi connectivity index (χ3v) is 1.53. The number of carbonyl (C=O) groups excluding carboxylic acids is 1. The van der Waals surface area contributed by atoms with E-state index in [0.717, 1.165) is 5.69 Å². The molecule has 11 heavy (non-hydrogen) atoms. The highest BCUT2D eigenvalue weighted by atomic mass is 32.1. The van der Waals surface area contributed by atoms with Crippen molar-refractivity contribution >= 4 is 24.4 Å². The van der Waals surface area contributed by atoms with Crippen LogP contribution >= 0.6 is 12.8 Å². The second kappa shape index (κ2) is 3.30. The number of benzene rings is 1. The number of nitrogens with one attached hydrogen (secondary N) is 1. The molecule has 0 aliphatic carbocycles. The number of hydrogen-bond donors (Lipinski definition) is 3. The minimum Gasteiger partial charge on any atom is -0.366 e. The number of anilines is 1. The van der Waals surface area contributed by atoms with E-state index in [1.807, 2.05) is 0 Å². The van der Waals surface area contributed by atoms with Crippen LogP contribution in [0.4, 0.5) is 5.69 Å². The summed E-state index contributed by atoms with van der Waals surface area (Å²) in [6.45, 7) is 0. The van der Waals surface area contributed by atoms with Crippen LogP contribution in [-0.4, -0.2) is 5.91 Å². The molecule has 0 bridgehead atoms. The highest BCUT2D eigenvalue weighted by Crippen LogP contribution is 2.10. The van der Waals surface area contributed by atoms with E-state index in [-0.39, 0.29) is 0 Å². The molecule has 0 aliphatic rings. The quantitative estimate of drug-likeness (QED) is 0.578. The number of rotatable bonds is 2. The maximum Gasteiger partial charge on any atom is 0.248 e. The van der Waals surface area contributed by atoms with E-state index in [1.54, 1.807) is 24.3 Å². The van der Waals surface area contributed by atoms with E-state index < -0.39 is 5.91 Å². The molecular formula is C7H8N2OS. The van der Waals surface area contributed by atoms with Crippen LogP contribution in [0, 0.1) is 0 Å². The highest BCUT2D eigenvalue weighted by Gasteiger charge is 1.98. The topological polar surface area (TPSA) is 55.1 Å². The lowest BCUT2D eigenvalue weighted by molar-refractivity contribution is 0.100. The summed E-state index contributed by atoms with van der Waals surface area (Å²) in [7, 11) is 0. The molecule has 1 rings (SSSR count). The van der Waals surface area contributed by atoms with Gasteiger partial charge in [0.1, 0.15) is 0 Å². The van der Waals surface area contributed by atoms with Crippen molar-refractivity contribution in [2.24, 2.45) is 5.73 Å². The third kappa shape index (κ3) is 1.88. The highest BCUT2D eigenvalue weighted by molar-refractivity contribution is 7.81. The molecule has 1 amide bonds. The lowest BCUT2D eigenvalue weighted by atomic mass is 10.2. The molecule has 0 fully saturated rings. The van der Waals surface area contributed by atoms with Crippen molar-refractivity contribution in [1.82, 2.24) is 0 Å². The average Bonchev–Trinajstić information content (AvgIpc) is 2.05. The van der Waals surface area contributed by atoms with Gasteiger partial charge in [-0.1, -0.05) is 18.9 Å². The summed E-state index contributed by atoms with van der Waals surface area (Å²) in [5.41, 5.74) is 6.28. The SMILES string of the molecule is NC(=O)c1cccc(NS)c1. The first-order valence-corrected chi connectivity index (χ1v) is 3.48. The second-order valence-electron chi connectivity index (χ2n) is 2.06. The number of amides is 1. The summed E-state index contributed by atoms with van der Waals surface area (Å²) in [5.74, 6) is -0.435. The lowest BCUT2D eigenvalue weighted by Gasteiger charge is -1.99. The van der Waals surface area contributed by atoms with Crippen LogP contribution in [-0.2, 0) is 0 Å². The Morgan fingerprint density at radius 1 is 1.55 bits per heavy atom. The summed E-state index contributed by atoms with van der Waals surface area (Å²) in [5, 5.41) is 0. The number of carbonyl (C=O) groups is 1. The van der Waals surface area contributed by atoms with Crippen LogP contribution in [0.3, 0.4) is 0 Å². The van der Waals surface area contributed by atoms with E-state index in [4.69, 9.17) is 5.73 Å². The molecule has 0 aromatic heterocycles. The van der Waals surface area contributed by atoms with Crippen LogP contribution in [0.1, 0.15) is 10.4 Å². The summed E-state index contributed by atoms with van der Waals surface area (Å²) in [4.78, 5) is 10.6. The molecule has 3 N–H and O–H groups in total. The Bertz CT molecular complexity index is 275. The van der Waals surface area contributed by atoms with Crippen molar-refractivity contribution in [3.05, 3.63) is 29.8 Å². The fourth-order valence-corrected chi connectivity index (χ4v) is 0.881. The fraction of sp³-hybridized carbons (Fsp3) is 0. The van der Waals surface area contributed by atoms with E-state index in [0.29, 0.717) is 5.56 Å². The number of nitrogens with two attached hydrogens (primary N) is 1. The first-order chi connectivity index (χ1) is 5.24. The summed E-state index contributed by atoms with van der Waals surface area (Å²) < 4.78 is 2.61. The molecule has 0 atom stereocenters. The van der Waals surface area contributed by atoms with Gasteiger partial charge in [0.25, 0.3) is 0 Å². The van der Waals surface area contributed by atoms with Crippen LogP contribution < -0.4 is 10.5 Å². The zero-order valence-electron chi connectivity index (χ0n) is 5.74. The average molecular weight is 168 g/mol. The zero-order chi connectivity index (χ0) is 8.27. The summed E-state index contributed by atoms with van der Waals surface area (Å²) in [6.07, 6.45) is 0. The molecule has 3 nitrogen and oxygen atoms in total. The molecule has 0 unspecified atom stereocenters. The van der Waals surface area contributed by atoms with Gasteiger partial charge < -0.3 is 10.5 Å². The molecule has 58 valence electrons. The van der Waals surface area contributed by atoms with Crippen molar-refractivity contribution in [2.75, 3.05) is 4.72 Å². The number of thiol groups is 1. The summed E-state index contributed by atoms with van der Waals surface area (Å²) in [6, 6.07) is 6.81. The molecule has 4 heteroatoms. The standard InChI is InChI=1S/C7H8N2OS/c8-7(10)5-2-1-3-6(4-5)9-11/h1-4,9,11H,(H2,8,10). The van der Waals surface area contributed by atoms with Gasteiger partial charge in [0.2, 0.25) is 5.91 Å². The lowest BCUT2D eigenvalue weighted by Crippen LogP contribution is -2.10.